The second-order valence-electron chi connectivity index (χ2n) is 5.48. The van der Waals surface area contributed by atoms with Gasteiger partial charge in [-0.1, -0.05) is 26.7 Å². The Kier molecular flexibility index (Phi) is 5.79. The zero-order valence-electron chi connectivity index (χ0n) is 11.9. The van der Waals surface area contributed by atoms with Crippen LogP contribution in [0, 0.1) is 17.8 Å². The number of hydrogen-bond acceptors (Lipinski definition) is 3. The van der Waals surface area contributed by atoms with E-state index in [0.717, 1.165) is 12.8 Å². The van der Waals surface area contributed by atoms with Crippen molar-refractivity contribution in [3.8, 4) is 0 Å². The van der Waals surface area contributed by atoms with Gasteiger partial charge in [0, 0.05) is 18.9 Å². The molecule has 1 aliphatic carbocycles. The maximum absolute atomic E-state index is 11.4. The van der Waals surface area contributed by atoms with Crippen LogP contribution in [0.4, 0.5) is 0 Å². The van der Waals surface area contributed by atoms with Gasteiger partial charge in [0.2, 0.25) is 5.91 Å². The number of rotatable bonds is 6. The van der Waals surface area contributed by atoms with E-state index in [0.29, 0.717) is 12.8 Å². The molecule has 0 aromatic rings. The zero-order chi connectivity index (χ0) is 14.6. The van der Waals surface area contributed by atoms with Gasteiger partial charge in [0.25, 0.3) is 0 Å². The van der Waals surface area contributed by atoms with Crippen LogP contribution in [0.5, 0.6) is 0 Å². The topological polar surface area (TPSA) is 86.6 Å². The highest BCUT2D eigenvalue weighted by Gasteiger charge is 2.44. The van der Waals surface area contributed by atoms with Gasteiger partial charge in [0.1, 0.15) is 0 Å². The molecule has 5 heteroatoms. The van der Waals surface area contributed by atoms with Gasteiger partial charge in [-0.3, -0.25) is 9.59 Å². The number of amides is 1. The average Bonchev–Trinajstić information content (AvgIpc) is 2.70. The fourth-order valence-electron chi connectivity index (χ4n) is 3.28. The summed E-state index contributed by atoms with van der Waals surface area (Å²) in [7, 11) is 0. The molecule has 0 bridgehead atoms. The summed E-state index contributed by atoms with van der Waals surface area (Å²) in [6.07, 6.45) is 2.08. The first-order valence-electron chi connectivity index (χ1n) is 7.10. The Morgan fingerprint density at radius 2 is 1.84 bits per heavy atom. The number of nitrogens with one attached hydrogen (secondary N) is 1. The fourth-order valence-corrected chi connectivity index (χ4v) is 3.28. The largest absolute Gasteiger partial charge is 0.481 e. The first-order chi connectivity index (χ1) is 8.92. The van der Waals surface area contributed by atoms with Crippen molar-refractivity contribution in [1.29, 1.82) is 0 Å². The molecule has 1 aliphatic rings. The Balaban J connectivity index is 2.86. The van der Waals surface area contributed by atoms with Crippen LogP contribution in [0.1, 0.15) is 46.5 Å². The molecule has 1 saturated carbocycles. The molecule has 0 heterocycles. The molecule has 0 radical (unpaired) electrons. The van der Waals surface area contributed by atoms with Crippen molar-refractivity contribution in [2.24, 2.45) is 17.8 Å². The van der Waals surface area contributed by atoms with Gasteiger partial charge in [-0.25, -0.2) is 0 Å². The van der Waals surface area contributed by atoms with E-state index in [1.54, 1.807) is 0 Å². The maximum Gasteiger partial charge on any atom is 0.309 e. The Labute approximate surface area is 114 Å². The first-order valence-corrected chi connectivity index (χ1v) is 7.10. The molecule has 1 fully saturated rings. The van der Waals surface area contributed by atoms with Crippen molar-refractivity contribution >= 4 is 11.9 Å². The lowest BCUT2D eigenvalue weighted by atomic mass is 9.82. The summed E-state index contributed by atoms with van der Waals surface area (Å²) in [5.41, 5.74) is 0. The maximum atomic E-state index is 11.4. The predicted molar refractivity (Wildman–Crippen MR) is 71.5 cm³/mol. The van der Waals surface area contributed by atoms with Crippen LogP contribution >= 0.6 is 0 Å². The van der Waals surface area contributed by atoms with Crippen LogP contribution in [0.25, 0.3) is 0 Å². The van der Waals surface area contributed by atoms with E-state index < -0.39 is 18.0 Å². The van der Waals surface area contributed by atoms with Gasteiger partial charge in [0.05, 0.1) is 12.0 Å². The Morgan fingerprint density at radius 1 is 1.26 bits per heavy atom. The lowest BCUT2D eigenvalue weighted by Gasteiger charge is -2.33. The van der Waals surface area contributed by atoms with E-state index in [1.807, 2.05) is 0 Å². The third-order valence-electron chi connectivity index (χ3n) is 4.37. The van der Waals surface area contributed by atoms with Crippen LogP contribution in [0.2, 0.25) is 0 Å². The van der Waals surface area contributed by atoms with Crippen molar-refractivity contribution in [2.75, 3.05) is 0 Å². The first kappa shape index (κ1) is 16.0. The molecule has 0 spiro atoms. The normalized spacial score (nSPS) is 28.4. The summed E-state index contributed by atoms with van der Waals surface area (Å²) in [6.45, 7) is 5.57. The molecular formula is C14H25NO4. The number of carbonyl (C=O) groups is 2. The predicted octanol–water partition coefficient (Wildman–Crippen LogP) is 1.40. The van der Waals surface area contributed by atoms with Gasteiger partial charge >= 0.3 is 5.97 Å². The summed E-state index contributed by atoms with van der Waals surface area (Å²) in [4.78, 5) is 22.4. The number of aliphatic hydroxyl groups is 1. The monoisotopic (exact) mass is 271 g/mol. The molecule has 0 aromatic carbocycles. The summed E-state index contributed by atoms with van der Waals surface area (Å²) in [5.74, 6) is -1.65. The van der Waals surface area contributed by atoms with Gasteiger partial charge in [0.15, 0.2) is 0 Å². The van der Waals surface area contributed by atoms with Gasteiger partial charge < -0.3 is 15.5 Å². The third-order valence-corrected chi connectivity index (χ3v) is 4.37. The third kappa shape index (κ3) is 3.69. The van der Waals surface area contributed by atoms with Crippen molar-refractivity contribution in [3.63, 3.8) is 0 Å². The summed E-state index contributed by atoms with van der Waals surface area (Å²) in [5, 5.41) is 22.2. The lowest BCUT2D eigenvalue weighted by Crippen LogP contribution is -2.48. The Hall–Kier alpha value is -1.10. The quantitative estimate of drug-likeness (QED) is 0.681. The second-order valence-corrected chi connectivity index (χ2v) is 5.48. The standard InChI is InChI=1S/C14H25NO4/c1-4-9(5-2)12(15-8(3)16)10-6-7-11(13(10)17)14(18)19/h9-13,17H,4-7H2,1-3H3,(H,15,16)(H,18,19)/t10?,11-,12?,13-/m0/s1. The van der Waals surface area contributed by atoms with E-state index in [2.05, 4.69) is 19.2 Å². The number of carboxylic acid groups (broad SMARTS) is 1. The molecule has 1 rings (SSSR count). The van der Waals surface area contributed by atoms with Crippen LogP contribution in [-0.4, -0.2) is 34.2 Å². The lowest BCUT2D eigenvalue weighted by molar-refractivity contribution is -0.145. The molecule has 1 amide bonds. The molecule has 5 nitrogen and oxygen atoms in total. The molecule has 2 unspecified atom stereocenters. The van der Waals surface area contributed by atoms with Crippen molar-refractivity contribution in [1.82, 2.24) is 5.32 Å². The molecule has 3 N–H and O–H groups in total. The van der Waals surface area contributed by atoms with E-state index in [4.69, 9.17) is 5.11 Å². The minimum Gasteiger partial charge on any atom is -0.481 e. The minimum absolute atomic E-state index is 0.122. The highest BCUT2D eigenvalue weighted by molar-refractivity contribution is 5.73. The second kappa shape index (κ2) is 6.89. The van der Waals surface area contributed by atoms with E-state index in [-0.39, 0.29) is 23.8 Å². The van der Waals surface area contributed by atoms with Crippen LogP contribution in [0.3, 0.4) is 0 Å². The summed E-state index contributed by atoms with van der Waals surface area (Å²) >= 11 is 0. The van der Waals surface area contributed by atoms with Crippen molar-refractivity contribution in [2.45, 2.75) is 58.6 Å². The number of hydrogen-bond donors (Lipinski definition) is 3. The van der Waals surface area contributed by atoms with Crippen molar-refractivity contribution in [3.05, 3.63) is 0 Å². The average molecular weight is 271 g/mol. The Bertz CT molecular complexity index is 327. The SMILES string of the molecule is CCC(CC)C(NC(C)=O)C1CC[C@H](C(=O)O)[C@H]1O. The summed E-state index contributed by atoms with van der Waals surface area (Å²) in [6, 6.07) is -0.133. The number of aliphatic carboxylic acids is 1. The van der Waals surface area contributed by atoms with E-state index in [9.17, 15) is 14.7 Å². The fraction of sp³-hybridized carbons (Fsp3) is 0.857. The summed E-state index contributed by atoms with van der Waals surface area (Å²) < 4.78 is 0. The molecule has 110 valence electrons. The number of carboxylic acids is 1. The van der Waals surface area contributed by atoms with Gasteiger partial charge in [-0.05, 0) is 18.8 Å². The Morgan fingerprint density at radius 3 is 2.21 bits per heavy atom. The van der Waals surface area contributed by atoms with Crippen LogP contribution < -0.4 is 5.32 Å². The van der Waals surface area contributed by atoms with Crippen molar-refractivity contribution < 1.29 is 19.8 Å². The zero-order valence-corrected chi connectivity index (χ0v) is 11.9. The molecule has 0 saturated heterocycles. The van der Waals surface area contributed by atoms with Gasteiger partial charge in [-0.2, -0.15) is 0 Å². The highest BCUT2D eigenvalue weighted by Crippen LogP contribution is 2.37. The molecule has 0 aliphatic heterocycles. The smallest absolute Gasteiger partial charge is 0.309 e. The molecule has 19 heavy (non-hydrogen) atoms. The minimum atomic E-state index is -0.943. The molecular weight excluding hydrogens is 246 g/mol. The molecule has 0 aromatic heterocycles. The number of aliphatic hydroxyl groups excluding tert-OH is 1. The van der Waals surface area contributed by atoms with Crippen LogP contribution in [0.15, 0.2) is 0 Å². The highest BCUT2D eigenvalue weighted by atomic mass is 16.4. The molecule has 4 atom stereocenters. The number of carbonyl (C=O) groups excluding carboxylic acids is 1. The van der Waals surface area contributed by atoms with Crippen LogP contribution in [-0.2, 0) is 9.59 Å². The van der Waals surface area contributed by atoms with E-state index in [1.165, 1.54) is 6.92 Å². The van der Waals surface area contributed by atoms with Gasteiger partial charge in [-0.15, -0.1) is 0 Å². The van der Waals surface area contributed by atoms with E-state index >= 15 is 0 Å².